The smallest absolute Gasteiger partial charge is 0.307 e. The molecule has 0 aromatic heterocycles. The zero-order valence-corrected chi connectivity index (χ0v) is 11.5. The van der Waals surface area contributed by atoms with E-state index >= 15 is 0 Å². The van der Waals surface area contributed by atoms with Crippen LogP contribution < -0.4 is 5.43 Å². The zero-order chi connectivity index (χ0) is 12.4. The minimum atomic E-state index is -3.10. The average molecular weight is 250 g/mol. The van der Waals surface area contributed by atoms with Crippen LogP contribution in [0.1, 0.15) is 40.5 Å². The Balaban J connectivity index is 4.42. The molecule has 0 rings (SSSR count). The topological polar surface area (TPSA) is 59.9 Å². The van der Waals surface area contributed by atoms with Gasteiger partial charge in [0.2, 0.25) is 0 Å². The molecule has 0 heterocycles. The highest BCUT2D eigenvalue weighted by Crippen LogP contribution is 2.52. The quantitative estimate of drug-likeness (QED) is 0.388. The molecule has 0 saturated heterocycles. The van der Waals surface area contributed by atoms with Crippen LogP contribution in [-0.2, 0) is 13.6 Å². The summed E-state index contributed by atoms with van der Waals surface area (Å²) in [5, 5.41) is 3.85. The van der Waals surface area contributed by atoms with Crippen LogP contribution in [0.2, 0.25) is 0 Å². The Hall–Kier alpha value is -0.380. The van der Waals surface area contributed by atoms with Crippen LogP contribution in [0.15, 0.2) is 5.10 Å². The molecular weight excluding hydrogens is 227 g/mol. The molecule has 1 N–H and O–H groups in total. The van der Waals surface area contributed by atoms with Crippen molar-refractivity contribution in [1.82, 2.24) is 5.43 Å². The third kappa shape index (κ3) is 5.64. The molecule has 0 saturated carbocycles. The second kappa shape index (κ2) is 8.74. The van der Waals surface area contributed by atoms with E-state index < -0.39 is 13.4 Å². The van der Waals surface area contributed by atoms with Gasteiger partial charge in [0.1, 0.15) is 5.78 Å². The molecule has 0 aromatic carbocycles. The lowest BCUT2D eigenvalue weighted by Gasteiger charge is -2.23. The second-order valence-electron chi connectivity index (χ2n) is 3.40. The predicted octanol–water partition coefficient (Wildman–Crippen LogP) is 2.97. The summed E-state index contributed by atoms with van der Waals surface area (Å²) in [5.74, 6) is -0.429. The molecule has 0 amide bonds. The monoisotopic (exact) mass is 250 g/mol. The number of hydrogen-bond donors (Lipinski definition) is 1. The highest BCUT2D eigenvalue weighted by atomic mass is 31.2. The molecule has 0 aromatic rings. The molecule has 0 aliphatic carbocycles. The molecule has 0 aliphatic rings. The predicted molar refractivity (Wildman–Crippen MR) is 66.9 cm³/mol. The minimum absolute atomic E-state index is 0.429. The van der Waals surface area contributed by atoms with Crippen LogP contribution in [0.3, 0.4) is 0 Å². The Bertz CT molecular complexity index is 234. The lowest BCUT2D eigenvalue weighted by atomic mass is 10.5. The fourth-order valence-electron chi connectivity index (χ4n) is 0.951. The summed E-state index contributed by atoms with van der Waals surface area (Å²) >= 11 is 0. The first-order chi connectivity index (χ1) is 7.60. The van der Waals surface area contributed by atoms with Crippen molar-refractivity contribution in [3.63, 3.8) is 0 Å². The molecule has 96 valence electrons. The summed E-state index contributed by atoms with van der Waals surface area (Å²) in [5.41, 5.74) is 2.75. The zero-order valence-electron chi connectivity index (χ0n) is 10.6. The van der Waals surface area contributed by atoms with Gasteiger partial charge in [0.15, 0.2) is 0 Å². The van der Waals surface area contributed by atoms with Crippen LogP contribution in [0.5, 0.6) is 0 Å². The van der Waals surface area contributed by atoms with E-state index in [2.05, 4.69) is 10.5 Å². The van der Waals surface area contributed by atoms with Crippen molar-refractivity contribution in [3.8, 4) is 0 Å². The van der Waals surface area contributed by atoms with Crippen LogP contribution in [-0.4, -0.2) is 25.2 Å². The summed E-state index contributed by atoms with van der Waals surface area (Å²) in [6.07, 6.45) is 3.22. The van der Waals surface area contributed by atoms with E-state index in [0.29, 0.717) is 13.2 Å². The maximum Gasteiger partial charge on any atom is 0.353 e. The Morgan fingerprint density at radius 3 is 2.19 bits per heavy atom. The summed E-state index contributed by atoms with van der Waals surface area (Å²) < 4.78 is 23.0. The van der Waals surface area contributed by atoms with E-state index in [1.165, 1.54) is 0 Å². The molecule has 0 aliphatic heterocycles. The van der Waals surface area contributed by atoms with Crippen molar-refractivity contribution >= 4 is 13.8 Å². The first-order valence-electron chi connectivity index (χ1n) is 5.72. The maximum absolute atomic E-state index is 12.4. The number of hydrogen-bond acceptors (Lipinski definition) is 5. The van der Waals surface area contributed by atoms with Crippen LogP contribution >= 0.6 is 7.60 Å². The summed E-state index contributed by atoms with van der Waals surface area (Å²) in [6.45, 7) is 8.33. The molecule has 0 radical (unpaired) electrons. The molecule has 0 fully saturated rings. The largest absolute Gasteiger partial charge is 0.353 e. The lowest BCUT2D eigenvalue weighted by Crippen LogP contribution is -2.23. The van der Waals surface area contributed by atoms with Crippen molar-refractivity contribution in [1.29, 1.82) is 0 Å². The van der Waals surface area contributed by atoms with E-state index in [1.807, 2.05) is 13.8 Å². The highest BCUT2D eigenvalue weighted by Gasteiger charge is 2.32. The number of rotatable bonds is 9. The van der Waals surface area contributed by atoms with Gasteiger partial charge in [0.25, 0.3) is 0 Å². The van der Waals surface area contributed by atoms with E-state index in [1.54, 1.807) is 20.1 Å². The molecule has 16 heavy (non-hydrogen) atoms. The van der Waals surface area contributed by atoms with Crippen molar-refractivity contribution in [2.24, 2.45) is 5.10 Å². The number of nitrogens with one attached hydrogen (secondary N) is 1. The van der Waals surface area contributed by atoms with Gasteiger partial charge >= 0.3 is 7.60 Å². The Kier molecular flexibility index (Phi) is 8.53. The number of hydrazone groups is 1. The Morgan fingerprint density at radius 1 is 1.31 bits per heavy atom. The normalized spacial score (nSPS) is 14.2. The third-order valence-corrected chi connectivity index (χ3v) is 3.96. The Labute approximate surface area is 98.1 Å². The van der Waals surface area contributed by atoms with Crippen LogP contribution in [0.4, 0.5) is 0 Å². The molecule has 1 atom stereocenters. The van der Waals surface area contributed by atoms with Gasteiger partial charge in [-0.2, -0.15) is 5.10 Å². The molecule has 1 unspecified atom stereocenters. The van der Waals surface area contributed by atoms with Crippen LogP contribution in [0, 0.1) is 0 Å². The van der Waals surface area contributed by atoms with E-state index in [0.717, 1.165) is 12.8 Å². The van der Waals surface area contributed by atoms with Gasteiger partial charge in [0, 0.05) is 6.21 Å². The van der Waals surface area contributed by atoms with Crippen LogP contribution in [0.25, 0.3) is 0 Å². The van der Waals surface area contributed by atoms with E-state index in [9.17, 15) is 4.57 Å². The fraction of sp³-hybridized carbons (Fsp3) is 0.900. The minimum Gasteiger partial charge on any atom is -0.307 e. The summed E-state index contributed by atoms with van der Waals surface area (Å²) in [6, 6.07) is 0. The Morgan fingerprint density at radius 2 is 1.81 bits per heavy atom. The van der Waals surface area contributed by atoms with Crippen molar-refractivity contribution in [3.05, 3.63) is 0 Å². The fourth-order valence-corrected chi connectivity index (χ4v) is 2.55. The third-order valence-electron chi connectivity index (χ3n) is 1.82. The van der Waals surface area contributed by atoms with Crippen molar-refractivity contribution in [2.45, 2.75) is 46.3 Å². The first kappa shape index (κ1) is 15.6. The molecule has 6 heteroatoms. The van der Waals surface area contributed by atoms with E-state index in [4.69, 9.17) is 9.05 Å². The molecule has 5 nitrogen and oxygen atoms in total. The number of nitrogens with zero attached hydrogens (tertiary/aromatic N) is 1. The summed E-state index contributed by atoms with van der Waals surface area (Å²) in [4.78, 5) is 0. The lowest BCUT2D eigenvalue weighted by molar-refractivity contribution is 0.194. The second-order valence-corrected chi connectivity index (χ2v) is 5.77. The van der Waals surface area contributed by atoms with Gasteiger partial charge in [-0.05, 0) is 26.7 Å². The molecule has 0 spiro atoms. The van der Waals surface area contributed by atoms with E-state index in [-0.39, 0.29) is 0 Å². The molecule has 0 bridgehead atoms. The molecular formula is C10H23N2O3P. The van der Waals surface area contributed by atoms with Gasteiger partial charge in [-0.3, -0.25) is 9.99 Å². The summed E-state index contributed by atoms with van der Waals surface area (Å²) in [7, 11) is -3.10. The van der Waals surface area contributed by atoms with Gasteiger partial charge in [0.05, 0.1) is 13.2 Å². The SMILES string of the molecule is C/C=N/NC(C)P(=O)(OCCC)OCCC. The van der Waals surface area contributed by atoms with Crippen molar-refractivity contribution < 1.29 is 13.6 Å². The van der Waals surface area contributed by atoms with Crippen molar-refractivity contribution in [2.75, 3.05) is 13.2 Å². The van der Waals surface area contributed by atoms with Gasteiger partial charge in [-0.15, -0.1) is 0 Å². The standard InChI is InChI=1S/C10H23N2O3P/c1-5-8-14-16(13,15-9-6-2)10(4)12-11-7-3/h7,10,12H,5-6,8-9H2,1-4H3/b11-7+. The maximum atomic E-state index is 12.4. The van der Waals surface area contributed by atoms with Gasteiger partial charge in [-0.1, -0.05) is 13.8 Å². The first-order valence-corrected chi connectivity index (χ1v) is 7.33. The van der Waals surface area contributed by atoms with Gasteiger partial charge in [-0.25, -0.2) is 0 Å². The van der Waals surface area contributed by atoms with Gasteiger partial charge < -0.3 is 9.05 Å². The average Bonchev–Trinajstić information content (AvgIpc) is 2.30. The highest BCUT2D eigenvalue weighted by molar-refractivity contribution is 7.54.